The number of unbranched alkanes of at least 4 members (excludes halogenated alkanes) is 1. The minimum atomic E-state index is -0.853. The van der Waals surface area contributed by atoms with Crippen LogP contribution in [0.3, 0.4) is 0 Å². The van der Waals surface area contributed by atoms with E-state index in [1.807, 2.05) is 0 Å². The molecule has 0 bridgehead atoms. The lowest BCUT2D eigenvalue weighted by atomic mass is 10.1. The standard InChI is InChI=1S/C7H9Br5O/c1-2-3-4-6(8,9)5(13)7(10,11)12/h2-4H2,1H3. The maximum atomic E-state index is 11.8. The Balaban J connectivity index is 4.36. The first-order valence-electron chi connectivity index (χ1n) is 3.71. The van der Waals surface area contributed by atoms with Crippen LogP contribution in [0.4, 0.5) is 0 Å². The van der Waals surface area contributed by atoms with E-state index in [9.17, 15) is 4.79 Å². The zero-order valence-electron chi connectivity index (χ0n) is 6.92. The van der Waals surface area contributed by atoms with Gasteiger partial charge in [0.25, 0.3) is 0 Å². The smallest absolute Gasteiger partial charge is 0.198 e. The van der Waals surface area contributed by atoms with Crippen molar-refractivity contribution in [1.29, 1.82) is 0 Å². The van der Waals surface area contributed by atoms with Crippen LogP contribution in [0.25, 0.3) is 0 Å². The van der Waals surface area contributed by atoms with Gasteiger partial charge in [-0.25, -0.2) is 0 Å². The van der Waals surface area contributed by atoms with Gasteiger partial charge in [0.05, 0.1) is 0 Å². The second-order valence-electron chi connectivity index (χ2n) is 2.63. The summed E-state index contributed by atoms with van der Waals surface area (Å²) < 4.78 is -1.51. The van der Waals surface area contributed by atoms with Crippen LogP contribution in [0, 0.1) is 0 Å². The van der Waals surface area contributed by atoms with E-state index >= 15 is 0 Å². The third kappa shape index (κ3) is 5.64. The van der Waals surface area contributed by atoms with E-state index in [1.54, 1.807) is 0 Å². The molecule has 0 amide bonds. The van der Waals surface area contributed by atoms with Gasteiger partial charge in [-0.1, -0.05) is 99.4 Å². The summed E-state index contributed by atoms with van der Waals surface area (Å²) >= 11 is 16.3. The molecule has 0 aromatic heterocycles. The van der Waals surface area contributed by atoms with Crippen LogP contribution in [0.1, 0.15) is 26.2 Å². The second-order valence-corrected chi connectivity index (χ2v) is 13.2. The monoisotopic (exact) mass is 504 g/mol. The first kappa shape index (κ1) is 15.1. The van der Waals surface area contributed by atoms with Crippen LogP contribution in [-0.4, -0.2) is 11.2 Å². The van der Waals surface area contributed by atoms with Crippen molar-refractivity contribution in [3.63, 3.8) is 0 Å². The van der Waals surface area contributed by atoms with Crippen molar-refractivity contribution in [3.05, 3.63) is 0 Å². The summed E-state index contributed by atoms with van der Waals surface area (Å²) in [7, 11) is 0. The molecule has 0 spiro atoms. The average Bonchev–Trinajstić information content (AvgIpc) is 1.98. The largest absolute Gasteiger partial charge is 0.294 e. The summed E-state index contributed by atoms with van der Waals surface area (Å²) in [5.41, 5.74) is 0. The lowest BCUT2D eigenvalue weighted by Crippen LogP contribution is -2.34. The van der Waals surface area contributed by atoms with E-state index < -0.39 is 5.38 Å². The number of Topliss-reactive ketones (excluding diaryl/α,β-unsaturated/α-hetero) is 1. The number of rotatable bonds is 4. The fraction of sp³-hybridized carbons (Fsp3) is 0.857. The fourth-order valence-electron chi connectivity index (χ4n) is 0.720. The molecule has 0 aliphatic carbocycles. The number of ketones is 1. The molecule has 0 aliphatic rings. The minimum absolute atomic E-state index is 0.0338. The van der Waals surface area contributed by atoms with Gasteiger partial charge in [0.1, 0.15) is 3.23 Å². The third-order valence-electron chi connectivity index (χ3n) is 1.43. The highest BCUT2D eigenvalue weighted by Crippen LogP contribution is 2.45. The van der Waals surface area contributed by atoms with Gasteiger partial charge in [-0.05, 0) is 6.42 Å². The number of halogens is 5. The second kappa shape index (κ2) is 5.97. The molecule has 0 saturated heterocycles. The van der Waals surface area contributed by atoms with Crippen molar-refractivity contribution < 1.29 is 4.79 Å². The lowest BCUT2D eigenvalue weighted by Gasteiger charge is -2.23. The summed E-state index contributed by atoms with van der Waals surface area (Å²) in [5.74, 6) is -0.0338. The van der Waals surface area contributed by atoms with Crippen LogP contribution in [0.15, 0.2) is 0 Å². The van der Waals surface area contributed by atoms with Gasteiger partial charge in [0.15, 0.2) is 7.93 Å². The van der Waals surface area contributed by atoms with Crippen molar-refractivity contribution in [2.45, 2.75) is 31.6 Å². The maximum Gasteiger partial charge on any atom is 0.198 e. The van der Waals surface area contributed by atoms with Gasteiger partial charge in [-0.2, -0.15) is 0 Å². The quantitative estimate of drug-likeness (QED) is 0.485. The van der Waals surface area contributed by atoms with Crippen molar-refractivity contribution in [1.82, 2.24) is 0 Å². The first-order chi connectivity index (χ1) is 5.72. The molecule has 0 fully saturated rings. The topological polar surface area (TPSA) is 17.1 Å². The fourth-order valence-corrected chi connectivity index (χ4v) is 4.49. The maximum absolute atomic E-state index is 11.8. The molecule has 78 valence electrons. The predicted molar refractivity (Wildman–Crippen MR) is 74.6 cm³/mol. The van der Waals surface area contributed by atoms with Crippen LogP contribution in [-0.2, 0) is 4.79 Å². The molecule has 0 unspecified atom stereocenters. The SMILES string of the molecule is CCCCC(Br)(Br)C(=O)C(Br)(Br)Br. The minimum Gasteiger partial charge on any atom is -0.294 e. The van der Waals surface area contributed by atoms with Crippen molar-refractivity contribution >= 4 is 85.4 Å². The van der Waals surface area contributed by atoms with E-state index in [0.29, 0.717) is 0 Å². The molecule has 0 atom stereocenters. The molecule has 0 N–H and O–H groups in total. The molecule has 13 heavy (non-hydrogen) atoms. The molecule has 6 heteroatoms. The van der Waals surface area contributed by atoms with Gasteiger partial charge >= 0.3 is 0 Å². The zero-order chi connectivity index (χ0) is 10.7. The molecule has 0 saturated carbocycles. The molecular weight excluding hydrogens is 500 g/mol. The van der Waals surface area contributed by atoms with Crippen molar-refractivity contribution in [2.75, 3.05) is 0 Å². The third-order valence-corrected chi connectivity index (χ3v) is 4.03. The number of alkyl halides is 5. The number of carbonyl (C=O) groups excluding carboxylic acids is 1. The predicted octanol–water partition coefficient (Wildman–Crippen LogP) is 5.07. The molecule has 0 aliphatic heterocycles. The Bertz CT molecular complexity index is 184. The van der Waals surface area contributed by atoms with Crippen molar-refractivity contribution in [2.24, 2.45) is 0 Å². The first-order valence-corrected chi connectivity index (χ1v) is 7.67. The number of carbonyl (C=O) groups is 1. The van der Waals surface area contributed by atoms with Crippen LogP contribution in [0.2, 0.25) is 0 Å². The van der Waals surface area contributed by atoms with Gasteiger partial charge < -0.3 is 0 Å². The number of hydrogen-bond acceptors (Lipinski definition) is 1. The van der Waals surface area contributed by atoms with Gasteiger partial charge in [-0.3, -0.25) is 4.79 Å². The Morgan fingerprint density at radius 1 is 1.15 bits per heavy atom. The van der Waals surface area contributed by atoms with E-state index in [1.165, 1.54) is 0 Å². The summed E-state index contributed by atoms with van der Waals surface area (Å²) in [6, 6.07) is 0. The highest BCUT2D eigenvalue weighted by molar-refractivity contribution is 9.40. The highest BCUT2D eigenvalue weighted by atomic mass is 80.0. The summed E-state index contributed by atoms with van der Waals surface area (Å²) in [5, 5.41) is 0. The van der Waals surface area contributed by atoms with E-state index in [-0.39, 0.29) is 5.78 Å². The lowest BCUT2D eigenvalue weighted by molar-refractivity contribution is -0.117. The normalized spacial score (nSPS) is 13.1. The van der Waals surface area contributed by atoms with E-state index in [0.717, 1.165) is 19.3 Å². The summed E-state index contributed by atoms with van der Waals surface area (Å²) in [4.78, 5) is 11.8. The van der Waals surface area contributed by atoms with Gasteiger partial charge in [0, 0.05) is 0 Å². The molecule has 0 radical (unpaired) electrons. The Kier molecular flexibility index (Phi) is 6.92. The van der Waals surface area contributed by atoms with Crippen LogP contribution in [0.5, 0.6) is 0 Å². The molecule has 0 heterocycles. The average molecular weight is 509 g/mol. The highest BCUT2D eigenvalue weighted by Gasteiger charge is 2.42. The number of hydrogen-bond donors (Lipinski definition) is 0. The van der Waals surface area contributed by atoms with Crippen molar-refractivity contribution in [3.8, 4) is 0 Å². The molecule has 0 aromatic carbocycles. The summed E-state index contributed by atoms with van der Waals surface area (Å²) in [6.07, 6.45) is 2.81. The Morgan fingerprint density at radius 2 is 1.62 bits per heavy atom. The van der Waals surface area contributed by atoms with Crippen LogP contribution < -0.4 is 0 Å². The van der Waals surface area contributed by atoms with E-state index in [2.05, 4.69) is 86.6 Å². The van der Waals surface area contributed by atoms with Gasteiger partial charge in [0.2, 0.25) is 0 Å². The molecule has 1 nitrogen and oxygen atoms in total. The Morgan fingerprint density at radius 3 is 1.92 bits per heavy atom. The molecular formula is C7H9Br5O. The Labute approximate surface area is 120 Å². The molecule has 0 rings (SSSR count). The van der Waals surface area contributed by atoms with E-state index in [4.69, 9.17) is 0 Å². The zero-order valence-corrected chi connectivity index (χ0v) is 14.8. The van der Waals surface area contributed by atoms with Gasteiger partial charge in [-0.15, -0.1) is 0 Å². The molecule has 0 aromatic rings. The van der Waals surface area contributed by atoms with Crippen LogP contribution >= 0.6 is 79.6 Å². The summed E-state index contributed by atoms with van der Waals surface area (Å²) in [6.45, 7) is 2.09. The Hall–Kier alpha value is 2.07.